The van der Waals surface area contributed by atoms with Crippen molar-refractivity contribution in [2.75, 3.05) is 31.1 Å². The third kappa shape index (κ3) is 2.20. The molecule has 1 aliphatic carbocycles. The van der Waals surface area contributed by atoms with Crippen LogP contribution in [0.3, 0.4) is 0 Å². The molecule has 0 radical (unpaired) electrons. The van der Waals surface area contributed by atoms with Crippen LogP contribution in [-0.2, 0) is 13.1 Å². The first-order valence-electron chi connectivity index (χ1n) is 8.19. The van der Waals surface area contributed by atoms with Gasteiger partial charge in [0.15, 0.2) is 11.5 Å². The number of nitrogens with one attached hydrogen (secondary N) is 1. The molecule has 0 bridgehead atoms. The lowest BCUT2D eigenvalue weighted by Crippen LogP contribution is -2.44. The maximum absolute atomic E-state index is 12.7. The Bertz CT molecular complexity index is 738. The van der Waals surface area contributed by atoms with Gasteiger partial charge in [-0.3, -0.25) is 9.13 Å². The molecule has 0 unspecified atom stereocenters. The SMILES string of the molecule is CCn1c(=O)n(CC2CC2)c2ncnc(N3CCNCC3)c21. The molecule has 2 aromatic rings. The summed E-state index contributed by atoms with van der Waals surface area (Å²) in [6, 6.07) is 0. The average Bonchev–Trinajstić information content (AvgIpc) is 3.34. The van der Waals surface area contributed by atoms with Crippen molar-refractivity contribution in [2.24, 2.45) is 5.92 Å². The second kappa shape index (κ2) is 5.39. The van der Waals surface area contributed by atoms with Crippen molar-refractivity contribution in [3.8, 4) is 0 Å². The van der Waals surface area contributed by atoms with Gasteiger partial charge in [-0.2, -0.15) is 0 Å². The molecule has 22 heavy (non-hydrogen) atoms. The summed E-state index contributed by atoms with van der Waals surface area (Å²) >= 11 is 0. The standard InChI is InChI=1S/C15H22N6O/c1-2-20-12-13(19-7-5-16-6-8-19)17-10-18-14(12)21(15(20)22)9-11-3-4-11/h10-11,16H,2-9H2,1H3. The average molecular weight is 302 g/mol. The van der Waals surface area contributed by atoms with Crippen molar-refractivity contribution in [1.82, 2.24) is 24.4 Å². The molecule has 118 valence electrons. The van der Waals surface area contributed by atoms with Crippen molar-refractivity contribution >= 4 is 17.0 Å². The summed E-state index contributed by atoms with van der Waals surface area (Å²) in [6.45, 7) is 7.18. The number of rotatable bonds is 4. The second-order valence-electron chi connectivity index (χ2n) is 6.19. The van der Waals surface area contributed by atoms with Crippen LogP contribution in [0.4, 0.5) is 5.82 Å². The van der Waals surface area contributed by atoms with Crippen LogP contribution in [0.15, 0.2) is 11.1 Å². The van der Waals surface area contributed by atoms with Crippen LogP contribution in [-0.4, -0.2) is 45.3 Å². The molecule has 2 fully saturated rings. The number of aryl methyl sites for hydroxylation is 1. The molecule has 7 nitrogen and oxygen atoms in total. The number of piperazine rings is 1. The highest BCUT2D eigenvalue weighted by Crippen LogP contribution is 2.32. The third-order valence-corrected chi connectivity index (χ3v) is 4.64. The van der Waals surface area contributed by atoms with Gasteiger partial charge in [0, 0.05) is 39.3 Å². The van der Waals surface area contributed by atoms with E-state index in [2.05, 4.69) is 20.2 Å². The van der Waals surface area contributed by atoms with Crippen LogP contribution >= 0.6 is 0 Å². The molecular formula is C15H22N6O. The molecule has 0 spiro atoms. The fraction of sp³-hybridized carbons (Fsp3) is 0.667. The first-order valence-corrected chi connectivity index (χ1v) is 8.19. The van der Waals surface area contributed by atoms with E-state index in [9.17, 15) is 4.79 Å². The Morgan fingerprint density at radius 3 is 2.68 bits per heavy atom. The molecule has 3 heterocycles. The molecule has 1 saturated heterocycles. The molecule has 0 atom stereocenters. The Labute approximate surface area is 129 Å². The number of imidazole rings is 1. The largest absolute Gasteiger partial charge is 0.352 e. The van der Waals surface area contributed by atoms with Gasteiger partial charge in [-0.1, -0.05) is 0 Å². The molecule has 7 heteroatoms. The van der Waals surface area contributed by atoms with E-state index in [1.54, 1.807) is 6.33 Å². The van der Waals surface area contributed by atoms with E-state index in [-0.39, 0.29) is 5.69 Å². The smallest absolute Gasteiger partial charge is 0.330 e. The minimum atomic E-state index is 0.0567. The van der Waals surface area contributed by atoms with E-state index in [4.69, 9.17) is 0 Å². The lowest BCUT2D eigenvalue weighted by atomic mass is 10.3. The highest BCUT2D eigenvalue weighted by Gasteiger charge is 2.27. The molecule has 2 aromatic heterocycles. The van der Waals surface area contributed by atoms with Crippen LogP contribution in [0, 0.1) is 5.92 Å². The summed E-state index contributed by atoms with van der Waals surface area (Å²) in [5.41, 5.74) is 1.75. The maximum Gasteiger partial charge on any atom is 0.330 e. The molecular weight excluding hydrogens is 280 g/mol. The van der Waals surface area contributed by atoms with E-state index >= 15 is 0 Å². The second-order valence-corrected chi connectivity index (χ2v) is 6.19. The van der Waals surface area contributed by atoms with Gasteiger partial charge in [-0.15, -0.1) is 0 Å². The Hall–Kier alpha value is -1.89. The molecule has 1 N–H and O–H groups in total. The number of fused-ring (bicyclic) bond motifs is 1. The third-order valence-electron chi connectivity index (χ3n) is 4.64. The predicted octanol–water partition coefficient (Wildman–Crippen LogP) is 0.432. The summed E-state index contributed by atoms with van der Waals surface area (Å²) in [7, 11) is 0. The Morgan fingerprint density at radius 2 is 2.00 bits per heavy atom. The Morgan fingerprint density at radius 1 is 1.23 bits per heavy atom. The molecule has 0 amide bonds. The van der Waals surface area contributed by atoms with Gasteiger partial charge in [0.1, 0.15) is 11.8 Å². The highest BCUT2D eigenvalue weighted by molar-refractivity contribution is 5.84. The number of nitrogens with zero attached hydrogens (tertiary/aromatic N) is 5. The van der Waals surface area contributed by atoms with E-state index in [0.29, 0.717) is 12.5 Å². The van der Waals surface area contributed by atoms with E-state index in [1.165, 1.54) is 12.8 Å². The van der Waals surface area contributed by atoms with Gasteiger partial charge in [0.2, 0.25) is 0 Å². The van der Waals surface area contributed by atoms with Crippen molar-refractivity contribution < 1.29 is 0 Å². The normalized spacial score (nSPS) is 19.0. The first-order chi connectivity index (χ1) is 10.8. The summed E-state index contributed by atoms with van der Waals surface area (Å²) < 4.78 is 3.68. The number of aromatic nitrogens is 4. The van der Waals surface area contributed by atoms with E-state index in [0.717, 1.165) is 49.7 Å². The minimum absolute atomic E-state index is 0.0567. The van der Waals surface area contributed by atoms with Crippen molar-refractivity contribution in [2.45, 2.75) is 32.9 Å². The van der Waals surface area contributed by atoms with Gasteiger partial charge in [0.25, 0.3) is 0 Å². The summed E-state index contributed by atoms with van der Waals surface area (Å²) in [5.74, 6) is 1.55. The van der Waals surface area contributed by atoms with Crippen molar-refractivity contribution in [3.05, 3.63) is 16.8 Å². The molecule has 1 aliphatic heterocycles. The van der Waals surface area contributed by atoms with Crippen molar-refractivity contribution in [3.63, 3.8) is 0 Å². The summed E-state index contributed by atoms with van der Waals surface area (Å²) in [6.07, 6.45) is 4.05. The zero-order valence-corrected chi connectivity index (χ0v) is 13.0. The van der Waals surface area contributed by atoms with Gasteiger partial charge < -0.3 is 10.2 Å². The minimum Gasteiger partial charge on any atom is -0.352 e. The monoisotopic (exact) mass is 302 g/mol. The van der Waals surface area contributed by atoms with Crippen LogP contribution < -0.4 is 15.9 Å². The number of hydrogen-bond donors (Lipinski definition) is 1. The predicted molar refractivity (Wildman–Crippen MR) is 85.3 cm³/mol. The Kier molecular flexibility index (Phi) is 3.37. The fourth-order valence-electron chi connectivity index (χ4n) is 3.26. The lowest BCUT2D eigenvalue weighted by Gasteiger charge is -2.28. The fourth-order valence-corrected chi connectivity index (χ4v) is 3.26. The van der Waals surface area contributed by atoms with Gasteiger partial charge >= 0.3 is 5.69 Å². The van der Waals surface area contributed by atoms with E-state index < -0.39 is 0 Å². The zero-order chi connectivity index (χ0) is 15.1. The van der Waals surface area contributed by atoms with Crippen LogP contribution in [0.2, 0.25) is 0 Å². The highest BCUT2D eigenvalue weighted by atomic mass is 16.1. The van der Waals surface area contributed by atoms with Gasteiger partial charge in [-0.05, 0) is 25.7 Å². The Balaban J connectivity index is 1.88. The van der Waals surface area contributed by atoms with Gasteiger partial charge in [-0.25, -0.2) is 14.8 Å². The zero-order valence-electron chi connectivity index (χ0n) is 13.0. The molecule has 0 aromatic carbocycles. The number of hydrogen-bond acceptors (Lipinski definition) is 5. The molecule has 2 aliphatic rings. The number of anilines is 1. The van der Waals surface area contributed by atoms with Crippen LogP contribution in [0.1, 0.15) is 19.8 Å². The molecule has 4 rings (SSSR count). The first kappa shape index (κ1) is 13.8. The maximum atomic E-state index is 12.7. The quantitative estimate of drug-likeness (QED) is 0.887. The lowest BCUT2D eigenvalue weighted by molar-refractivity contribution is 0.584. The topological polar surface area (TPSA) is 68.0 Å². The van der Waals surface area contributed by atoms with Crippen LogP contribution in [0.5, 0.6) is 0 Å². The molecule has 1 saturated carbocycles. The van der Waals surface area contributed by atoms with Crippen LogP contribution in [0.25, 0.3) is 11.2 Å². The summed E-state index contributed by atoms with van der Waals surface area (Å²) in [5, 5.41) is 3.35. The van der Waals surface area contributed by atoms with Crippen molar-refractivity contribution in [1.29, 1.82) is 0 Å². The van der Waals surface area contributed by atoms with E-state index in [1.807, 2.05) is 16.1 Å². The van der Waals surface area contributed by atoms with Gasteiger partial charge in [0.05, 0.1) is 0 Å². The summed E-state index contributed by atoms with van der Waals surface area (Å²) in [4.78, 5) is 23.9.